The average molecular weight is 258 g/mol. The van der Waals surface area contributed by atoms with Crippen molar-refractivity contribution in [1.82, 2.24) is 0 Å². The summed E-state index contributed by atoms with van der Waals surface area (Å²) in [4.78, 5) is 10.1. The van der Waals surface area contributed by atoms with Crippen molar-refractivity contribution in [3.8, 4) is 11.5 Å². The zero-order valence-electron chi connectivity index (χ0n) is 9.31. The van der Waals surface area contributed by atoms with Crippen molar-refractivity contribution >= 4 is 17.3 Å². The first-order valence-corrected chi connectivity index (χ1v) is 5.29. The van der Waals surface area contributed by atoms with Crippen LogP contribution in [0.4, 0.5) is 5.69 Å². The van der Waals surface area contributed by atoms with E-state index in [1.54, 1.807) is 0 Å². The number of nitro benzene ring substituents is 1. The third-order valence-corrected chi connectivity index (χ3v) is 2.36. The number of ether oxygens (including phenoxy) is 2. The molecule has 0 atom stereocenters. The third kappa shape index (κ3) is 3.64. The van der Waals surface area contributed by atoms with Gasteiger partial charge in [0.05, 0.1) is 18.1 Å². The molecule has 0 aromatic heterocycles. The lowest BCUT2D eigenvalue weighted by molar-refractivity contribution is -0.385. The van der Waals surface area contributed by atoms with Crippen molar-refractivity contribution in [3.05, 3.63) is 40.5 Å². The average Bonchev–Trinajstić information content (AvgIpc) is 2.35. The molecule has 0 radical (unpaired) electrons. The normalized spacial score (nSPS) is 9.76. The number of hydrogen-bond donors (Lipinski definition) is 0. The van der Waals surface area contributed by atoms with Crippen LogP contribution in [-0.4, -0.2) is 24.5 Å². The van der Waals surface area contributed by atoms with Gasteiger partial charge in [0.15, 0.2) is 11.5 Å². The maximum absolute atomic E-state index is 10.6. The van der Waals surface area contributed by atoms with Gasteiger partial charge in [0.25, 0.3) is 5.69 Å². The van der Waals surface area contributed by atoms with Crippen molar-refractivity contribution in [3.63, 3.8) is 0 Å². The van der Waals surface area contributed by atoms with Crippen molar-refractivity contribution in [2.75, 3.05) is 19.6 Å². The molecule has 0 aliphatic carbocycles. The van der Waals surface area contributed by atoms with E-state index in [4.69, 9.17) is 21.1 Å². The van der Waals surface area contributed by atoms with Crippen LogP contribution < -0.4 is 9.47 Å². The molecular weight excluding hydrogens is 246 g/mol. The fourth-order valence-electron chi connectivity index (χ4n) is 1.11. The topological polar surface area (TPSA) is 61.6 Å². The van der Waals surface area contributed by atoms with Gasteiger partial charge >= 0.3 is 0 Å². The van der Waals surface area contributed by atoms with Crippen LogP contribution >= 0.6 is 11.6 Å². The minimum absolute atomic E-state index is 0.0581. The summed E-state index contributed by atoms with van der Waals surface area (Å²) >= 11 is 5.55. The summed E-state index contributed by atoms with van der Waals surface area (Å²) in [5.74, 6) is 1.00. The largest absolute Gasteiger partial charge is 0.493 e. The van der Waals surface area contributed by atoms with Crippen molar-refractivity contribution < 1.29 is 14.4 Å². The molecule has 6 heteroatoms. The van der Waals surface area contributed by atoms with Gasteiger partial charge in [-0.15, -0.1) is 11.6 Å². The number of nitro groups is 1. The van der Waals surface area contributed by atoms with Crippen LogP contribution in [0.5, 0.6) is 11.5 Å². The molecule has 0 saturated heterocycles. The molecule has 0 aliphatic heterocycles. The van der Waals surface area contributed by atoms with Crippen molar-refractivity contribution in [1.29, 1.82) is 0 Å². The van der Waals surface area contributed by atoms with E-state index in [2.05, 4.69) is 6.58 Å². The quantitative estimate of drug-likeness (QED) is 0.340. The zero-order chi connectivity index (χ0) is 12.8. The molecule has 92 valence electrons. The number of methoxy groups -OCH3 is 1. The van der Waals surface area contributed by atoms with Gasteiger partial charge < -0.3 is 9.47 Å². The van der Waals surface area contributed by atoms with E-state index in [0.29, 0.717) is 17.1 Å². The highest BCUT2D eigenvalue weighted by atomic mass is 35.5. The number of halogens is 1. The Bertz CT molecular complexity index is 433. The van der Waals surface area contributed by atoms with Gasteiger partial charge in [0, 0.05) is 11.9 Å². The second-order valence-electron chi connectivity index (χ2n) is 3.26. The van der Waals surface area contributed by atoms with Gasteiger partial charge in [-0.3, -0.25) is 10.1 Å². The summed E-state index contributed by atoms with van der Waals surface area (Å²) in [5.41, 5.74) is 0.623. The highest BCUT2D eigenvalue weighted by Gasteiger charge is 2.12. The first kappa shape index (κ1) is 13.3. The minimum Gasteiger partial charge on any atom is -0.493 e. The summed E-state index contributed by atoms with van der Waals surface area (Å²) in [7, 11) is 1.46. The molecule has 0 N–H and O–H groups in total. The van der Waals surface area contributed by atoms with Gasteiger partial charge in [0.2, 0.25) is 0 Å². The molecule has 0 heterocycles. The molecule has 1 rings (SSSR count). The van der Waals surface area contributed by atoms with E-state index in [0.717, 1.165) is 0 Å². The second-order valence-corrected chi connectivity index (χ2v) is 3.53. The Morgan fingerprint density at radius 3 is 2.76 bits per heavy atom. The van der Waals surface area contributed by atoms with E-state index in [1.165, 1.54) is 25.3 Å². The lowest BCUT2D eigenvalue weighted by Crippen LogP contribution is -2.03. The van der Waals surface area contributed by atoms with E-state index in [9.17, 15) is 10.1 Å². The predicted octanol–water partition coefficient (Wildman–Crippen LogP) is 2.78. The molecule has 5 nitrogen and oxygen atoms in total. The molecule has 17 heavy (non-hydrogen) atoms. The molecule has 0 amide bonds. The maximum atomic E-state index is 10.6. The minimum atomic E-state index is -0.497. The SMILES string of the molecule is C=C(CCl)COc1cc([N+](=O)[O-])ccc1OC. The van der Waals surface area contributed by atoms with Crippen LogP contribution in [0.25, 0.3) is 0 Å². The Morgan fingerprint density at radius 2 is 2.24 bits per heavy atom. The molecule has 0 spiro atoms. The smallest absolute Gasteiger partial charge is 0.273 e. The highest BCUT2D eigenvalue weighted by Crippen LogP contribution is 2.31. The molecule has 0 unspecified atom stereocenters. The van der Waals surface area contributed by atoms with Crippen LogP contribution in [0.15, 0.2) is 30.4 Å². The number of non-ortho nitro benzene ring substituents is 1. The van der Waals surface area contributed by atoms with E-state index < -0.39 is 4.92 Å². The van der Waals surface area contributed by atoms with Crippen molar-refractivity contribution in [2.24, 2.45) is 0 Å². The summed E-state index contributed by atoms with van der Waals surface area (Å²) in [5, 5.41) is 10.6. The summed E-state index contributed by atoms with van der Waals surface area (Å²) in [6, 6.07) is 4.14. The lowest BCUT2D eigenvalue weighted by atomic mass is 10.3. The summed E-state index contributed by atoms with van der Waals surface area (Å²) < 4.78 is 10.4. The van der Waals surface area contributed by atoms with Crippen LogP contribution in [0.1, 0.15) is 0 Å². The van der Waals surface area contributed by atoms with E-state index in [-0.39, 0.29) is 18.2 Å². The summed E-state index contributed by atoms with van der Waals surface area (Å²) in [6.07, 6.45) is 0. The first-order valence-electron chi connectivity index (χ1n) is 4.76. The Hall–Kier alpha value is -1.75. The van der Waals surface area contributed by atoms with Gasteiger partial charge in [0.1, 0.15) is 6.61 Å². The fraction of sp³-hybridized carbons (Fsp3) is 0.273. The van der Waals surface area contributed by atoms with E-state index >= 15 is 0 Å². The Balaban J connectivity index is 2.90. The van der Waals surface area contributed by atoms with Crippen LogP contribution in [0, 0.1) is 10.1 Å². The molecule has 1 aromatic carbocycles. The van der Waals surface area contributed by atoms with Crippen LogP contribution in [0.2, 0.25) is 0 Å². The van der Waals surface area contributed by atoms with E-state index in [1.807, 2.05) is 0 Å². The number of rotatable bonds is 6. The Labute approximate surface area is 104 Å². The molecular formula is C11H12ClNO4. The molecule has 0 aliphatic rings. The van der Waals surface area contributed by atoms with Gasteiger partial charge in [-0.1, -0.05) is 6.58 Å². The van der Waals surface area contributed by atoms with Gasteiger partial charge in [-0.25, -0.2) is 0 Å². The Morgan fingerprint density at radius 1 is 1.53 bits per heavy atom. The highest BCUT2D eigenvalue weighted by molar-refractivity contribution is 6.19. The Kier molecular flexibility index (Phi) is 4.78. The number of alkyl halides is 1. The zero-order valence-corrected chi connectivity index (χ0v) is 10.1. The lowest BCUT2D eigenvalue weighted by Gasteiger charge is -2.10. The second kappa shape index (κ2) is 6.10. The molecule has 0 saturated carbocycles. The number of nitrogens with zero attached hydrogens (tertiary/aromatic N) is 1. The maximum Gasteiger partial charge on any atom is 0.273 e. The standard InChI is InChI=1S/C11H12ClNO4/c1-8(6-12)7-17-11-5-9(13(14)15)3-4-10(11)16-2/h3-5H,1,6-7H2,2H3. The number of benzene rings is 1. The van der Waals surface area contributed by atoms with Gasteiger partial charge in [-0.05, 0) is 11.6 Å². The monoisotopic (exact) mass is 257 g/mol. The summed E-state index contributed by atoms with van der Waals surface area (Å²) in [6.45, 7) is 3.87. The first-order chi connectivity index (χ1) is 8.08. The predicted molar refractivity (Wildman–Crippen MR) is 65.0 cm³/mol. The molecule has 0 fully saturated rings. The van der Waals surface area contributed by atoms with Crippen LogP contribution in [-0.2, 0) is 0 Å². The third-order valence-electron chi connectivity index (χ3n) is 1.98. The van der Waals surface area contributed by atoms with Gasteiger partial charge in [-0.2, -0.15) is 0 Å². The van der Waals surface area contributed by atoms with Crippen molar-refractivity contribution in [2.45, 2.75) is 0 Å². The fourth-order valence-corrected chi connectivity index (χ4v) is 1.19. The molecule has 1 aromatic rings. The molecule has 0 bridgehead atoms. The van der Waals surface area contributed by atoms with Crippen LogP contribution in [0.3, 0.4) is 0 Å². The number of hydrogen-bond acceptors (Lipinski definition) is 4.